The zero-order valence-corrected chi connectivity index (χ0v) is 17.6. The zero-order chi connectivity index (χ0) is 23.0. The summed E-state index contributed by atoms with van der Waals surface area (Å²) in [6.45, 7) is 3.49. The van der Waals surface area contributed by atoms with Crippen LogP contribution >= 0.6 is 0 Å². The topological polar surface area (TPSA) is 127 Å². The molecule has 4 rings (SSSR count). The number of hydrogen-bond acceptors (Lipinski definition) is 6. The van der Waals surface area contributed by atoms with Crippen LogP contribution in [0.4, 0.5) is 5.69 Å². The first-order chi connectivity index (χ1) is 15.3. The third-order valence-electron chi connectivity index (χ3n) is 5.66. The molecule has 0 radical (unpaired) electrons. The van der Waals surface area contributed by atoms with E-state index in [-0.39, 0.29) is 23.8 Å². The summed E-state index contributed by atoms with van der Waals surface area (Å²) in [6.07, 6.45) is 1.41. The van der Waals surface area contributed by atoms with Gasteiger partial charge in [-0.25, -0.2) is 0 Å². The third-order valence-corrected chi connectivity index (χ3v) is 5.66. The van der Waals surface area contributed by atoms with E-state index in [0.29, 0.717) is 22.2 Å². The first kappa shape index (κ1) is 21.7. The quantitative estimate of drug-likeness (QED) is 0.531. The van der Waals surface area contributed by atoms with Crippen LogP contribution in [0.15, 0.2) is 54.7 Å². The number of amides is 2. The Morgan fingerprint density at radius 1 is 1.06 bits per heavy atom. The molecule has 32 heavy (non-hydrogen) atoms. The molecular formula is C23H23N4O5-. The highest BCUT2D eigenvalue weighted by Gasteiger charge is 2.31. The van der Waals surface area contributed by atoms with Crippen LogP contribution in [0.1, 0.15) is 29.8 Å². The fourth-order valence-corrected chi connectivity index (χ4v) is 3.96. The Morgan fingerprint density at radius 2 is 1.75 bits per heavy atom. The van der Waals surface area contributed by atoms with Gasteiger partial charge in [-0.15, -0.1) is 0 Å². The smallest absolute Gasteiger partial charge is 0.264 e. The van der Waals surface area contributed by atoms with Crippen molar-refractivity contribution >= 4 is 34.3 Å². The largest absolute Gasteiger partial charge is 0.762 e. The molecule has 2 atom stereocenters. The van der Waals surface area contributed by atoms with Gasteiger partial charge in [0.2, 0.25) is 11.8 Å². The normalized spacial score (nSPS) is 19.8. The maximum atomic E-state index is 13.5. The third kappa shape index (κ3) is 3.89. The molecule has 0 aliphatic carbocycles. The van der Waals surface area contributed by atoms with Gasteiger partial charge in [0.1, 0.15) is 12.1 Å². The van der Waals surface area contributed by atoms with Crippen molar-refractivity contribution in [1.82, 2.24) is 15.1 Å². The lowest BCUT2D eigenvalue weighted by atomic mass is 10.0. The molecule has 2 aromatic carbocycles. The lowest BCUT2D eigenvalue weighted by Crippen LogP contribution is -2.53. The molecule has 9 heteroatoms. The summed E-state index contributed by atoms with van der Waals surface area (Å²) in [5.41, 5.74) is 1.72. The molecular weight excluding hydrogens is 412 g/mol. The van der Waals surface area contributed by atoms with Crippen molar-refractivity contribution in [2.75, 3.05) is 5.32 Å². The molecule has 2 bridgehead atoms. The number of aromatic nitrogens is 1. The van der Waals surface area contributed by atoms with Crippen molar-refractivity contribution in [1.29, 1.82) is 0 Å². The Hall–Kier alpha value is -3.53. The highest BCUT2D eigenvalue weighted by atomic mass is 16.8. The van der Waals surface area contributed by atoms with Gasteiger partial charge >= 0.3 is 0 Å². The van der Waals surface area contributed by atoms with E-state index in [9.17, 15) is 24.8 Å². The molecule has 2 unspecified atom stereocenters. The lowest BCUT2D eigenvalue weighted by Gasteiger charge is -2.31. The van der Waals surface area contributed by atoms with E-state index in [4.69, 9.17) is 0 Å². The Balaban J connectivity index is 1.93. The molecule has 0 saturated heterocycles. The monoisotopic (exact) mass is 435 g/mol. The van der Waals surface area contributed by atoms with E-state index in [1.54, 1.807) is 68.6 Å². The summed E-state index contributed by atoms with van der Waals surface area (Å²) in [5.74, 6) is -2.00. The Bertz CT molecular complexity index is 1200. The average Bonchev–Trinajstić information content (AvgIpc) is 3.13. The standard InChI is InChI=1S/C23H23N4O5/c1-13(2)20-22(29)24-17-9-5-3-8-16(17)23(30)26-12-14(15-7-4-6-10-18(15)26)11-19(27(31)32)21(28)25-20/h3-10,12-13,19-20,31H,11H2,1-2H3,(H,24,29)(H,25,28)/q-1. The van der Waals surface area contributed by atoms with E-state index in [1.807, 2.05) is 0 Å². The number of anilines is 1. The van der Waals surface area contributed by atoms with Crippen LogP contribution < -0.4 is 10.6 Å². The Labute approximate surface area is 184 Å². The minimum atomic E-state index is -1.50. The number of hydroxylamine groups is 2. The molecule has 0 spiro atoms. The highest BCUT2D eigenvalue weighted by molar-refractivity contribution is 6.09. The van der Waals surface area contributed by atoms with Crippen molar-refractivity contribution in [2.24, 2.45) is 5.92 Å². The van der Waals surface area contributed by atoms with Gasteiger partial charge in [-0.05, 0) is 29.7 Å². The van der Waals surface area contributed by atoms with Crippen molar-refractivity contribution in [2.45, 2.75) is 32.4 Å². The zero-order valence-electron chi connectivity index (χ0n) is 17.6. The van der Waals surface area contributed by atoms with Crippen molar-refractivity contribution in [3.8, 4) is 0 Å². The molecule has 1 aliphatic heterocycles. The summed E-state index contributed by atoms with van der Waals surface area (Å²) < 4.78 is 1.43. The van der Waals surface area contributed by atoms with Crippen LogP contribution in [0.25, 0.3) is 10.9 Å². The van der Waals surface area contributed by atoms with E-state index in [0.717, 1.165) is 0 Å². The lowest BCUT2D eigenvalue weighted by molar-refractivity contribution is -0.143. The van der Waals surface area contributed by atoms with Crippen LogP contribution in [0.2, 0.25) is 0 Å². The summed E-state index contributed by atoms with van der Waals surface area (Å²) in [7, 11) is 0. The van der Waals surface area contributed by atoms with E-state index < -0.39 is 29.1 Å². The first-order valence-electron chi connectivity index (χ1n) is 10.3. The number of nitrogens with zero attached hydrogens (tertiary/aromatic N) is 2. The van der Waals surface area contributed by atoms with Crippen LogP contribution in [-0.4, -0.2) is 44.8 Å². The number of nitrogens with one attached hydrogen (secondary N) is 2. The average molecular weight is 435 g/mol. The molecule has 1 aliphatic rings. The number of para-hydroxylation sites is 2. The second-order valence-corrected chi connectivity index (χ2v) is 8.13. The van der Waals surface area contributed by atoms with Gasteiger partial charge in [-0.2, -0.15) is 0 Å². The number of rotatable bonds is 2. The number of carbonyl (C=O) groups is 3. The summed E-state index contributed by atoms with van der Waals surface area (Å²) in [6, 6.07) is 11.3. The second-order valence-electron chi connectivity index (χ2n) is 8.13. The first-order valence-corrected chi connectivity index (χ1v) is 10.3. The fraction of sp³-hybridized carbons (Fsp3) is 0.261. The SMILES string of the molecule is CC(C)C1NC(=O)C(N([O-])O)Cc2cn(c3ccccc23)C(=O)c2ccccc2NC1=O. The van der Waals surface area contributed by atoms with Crippen LogP contribution in [-0.2, 0) is 16.0 Å². The van der Waals surface area contributed by atoms with Gasteiger partial charge in [0.05, 0.1) is 16.8 Å². The van der Waals surface area contributed by atoms with Gasteiger partial charge in [0.25, 0.3) is 5.91 Å². The molecule has 0 saturated carbocycles. The Morgan fingerprint density at radius 3 is 2.47 bits per heavy atom. The van der Waals surface area contributed by atoms with Crippen LogP contribution in [0, 0.1) is 11.1 Å². The number of hydrogen-bond donors (Lipinski definition) is 3. The van der Waals surface area contributed by atoms with Crippen LogP contribution in [0.5, 0.6) is 0 Å². The van der Waals surface area contributed by atoms with Gasteiger partial charge < -0.3 is 21.0 Å². The molecule has 9 nitrogen and oxygen atoms in total. The van der Waals surface area contributed by atoms with Crippen molar-refractivity contribution in [3.05, 3.63) is 71.1 Å². The molecule has 2 amide bonds. The minimum Gasteiger partial charge on any atom is -0.762 e. The fourth-order valence-electron chi connectivity index (χ4n) is 3.96. The Kier molecular flexibility index (Phi) is 5.79. The van der Waals surface area contributed by atoms with Gasteiger partial charge in [0.15, 0.2) is 0 Å². The molecule has 0 fully saturated rings. The molecule has 166 valence electrons. The van der Waals surface area contributed by atoms with E-state index >= 15 is 0 Å². The molecule has 2 heterocycles. The molecule has 3 aromatic rings. The van der Waals surface area contributed by atoms with Crippen molar-refractivity contribution < 1.29 is 19.6 Å². The predicted molar refractivity (Wildman–Crippen MR) is 118 cm³/mol. The van der Waals surface area contributed by atoms with Crippen molar-refractivity contribution in [3.63, 3.8) is 0 Å². The van der Waals surface area contributed by atoms with E-state index in [2.05, 4.69) is 10.6 Å². The summed E-state index contributed by atoms with van der Waals surface area (Å²) in [5, 5.41) is 27.1. The highest BCUT2D eigenvalue weighted by Crippen LogP contribution is 2.27. The predicted octanol–water partition coefficient (Wildman–Crippen LogP) is 2.52. The summed E-state index contributed by atoms with van der Waals surface area (Å²) in [4.78, 5) is 39.4. The number of carbonyl (C=O) groups excluding carboxylic acids is 3. The maximum Gasteiger partial charge on any atom is 0.264 e. The van der Waals surface area contributed by atoms with Crippen LogP contribution in [0.3, 0.4) is 0 Å². The molecule has 1 aromatic heterocycles. The number of benzene rings is 2. The number of fused-ring (bicyclic) bond motifs is 6. The van der Waals surface area contributed by atoms with Gasteiger partial charge in [-0.3, -0.25) is 24.2 Å². The maximum absolute atomic E-state index is 13.5. The second kappa shape index (κ2) is 8.54. The molecule has 3 N–H and O–H groups in total. The van der Waals surface area contributed by atoms with Gasteiger partial charge in [0, 0.05) is 18.0 Å². The summed E-state index contributed by atoms with van der Waals surface area (Å²) >= 11 is 0. The van der Waals surface area contributed by atoms with Gasteiger partial charge in [-0.1, -0.05) is 44.2 Å². The minimum absolute atomic E-state index is 0.152. The van der Waals surface area contributed by atoms with E-state index in [1.165, 1.54) is 4.57 Å².